The molecule has 0 aliphatic rings. The highest BCUT2D eigenvalue weighted by Gasteiger charge is 2.22. The summed E-state index contributed by atoms with van der Waals surface area (Å²) in [5.41, 5.74) is 0.905. The lowest BCUT2D eigenvalue weighted by atomic mass is 9.93. The molecule has 0 saturated carbocycles. The lowest BCUT2D eigenvalue weighted by Crippen LogP contribution is -2.23. The maximum absolute atomic E-state index is 12.9. The molecule has 0 fully saturated rings. The van der Waals surface area contributed by atoms with E-state index in [0.717, 1.165) is 11.1 Å². The van der Waals surface area contributed by atoms with Gasteiger partial charge < -0.3 is 14.6 Å². The number of benzene rings is 3. The van der Waals surface area contributed by atoms with Crippen molar-refractivity contribution < 1.29 is 19.0 Å². The summed E-state index contributed by atoms with van der Waals surface area (Å²) >= 11 is 0. The third-order valence-corrected chi connectivity index (χ3v) is 4.37. The van der Waals surface area contributed by atoms with Crippen LogP contribution in [-0.4, -0.2) is 11.7 Å². The summed E-state index contributed by atoms with van der Waals surface area (Å²) in [5.74, 6) is 0.884. The minimum Gasteiger partial charge on any atom is -0.457 e. The van der Waals surface area contributed by atoms with Crippen molar-refractivity contribution in [1.82, 2.24) is 0 Å². The monoisotopic (exact) mass is 366 g/mol. The van der Waals surface area contributed by atoms with Gasteiger partial charge in [0.1, 0.15) is 17.3 Å². The number of ether oxygens (including phenoxy) is 2. The number of aliphatic hydroxyl groups is 1. The molecule has 1 unspecified atom stereocenters. The molecule has 0 bridgehead atoms. The first-order valence-electron chi connectivity index (χ1n) is 8.91. The van der Waals surface area contributed by atoms with Crippen LogP contribution in [0.5, 0.6) is 11.5 Å². The first kappa shape index (κ1) is 19.1. The molecule has 27 heavy (non-hydrogen) atoms. The second-order valence-corrected chi connectivity index (χ2v) is 6.64. The summed E-state index contributed by atoms with van der Waals surface area (Å²) in [6.07, 6.45) is 0.484. The number of halogens is 1. The second kappa shape index (κ2) is 8.80. The molecule has 0 aliphatic heterocycles. The summed E-state index contributed by atoms with van der Waals surface area (Å²) in [7, 11) is 0. The Morgan fingerprint density at radius 3 is 2.07 bits per heavy atom. The van der Waals surface area contributed by atoms with Crippen LogP contribution in [0, 0.1) is 5.82 Å². The van der Waals surface area contributed by atoms with Crippen molar-refractivity contribution in [3.05, 3.63) is 95.8 Å². The molecule has 0 aromatic heterocycles. The lowest BCUT2D eigenvalue weighted by molar-refractivity contribution is 0.00692. The van der Waals surface area contributed by atoms with Gasteiger partial charge >= 0.3 is 0 Å². The van der Waals surface area contributed by atoms with Crippen molar-refractivity contribution in [2.24, 2.45) is 0 Å². The highest BCUT2D eigenvalue weighted by Crippen LogP contribution is 2.28. The lowest BCUT2D eigenvalue weighted by Gasteiger charge is -2.24. The summed E-state index contributed by atoms with van der Waals surface area (Å²) in [6.45, 7) is 2.76. The van der Waals surface area contributed by atoms with E-state index < -0.39 is 5.60 Å². The number of hydrogen-bond donors (Lipinski definition) is 1. The molecule has 0 aliphatic carbocycles. The molecule has 0 heterocycles. The van der Waals surface area contributed by atoms with Crippen LogP contribution in [-0.2, 0) is 16.9 Å². The van der Waals surface area contributed by atoms with E-state index in [9.17, 15) is 9.50 Å². The Morgan fingerprint density at radius 1 is 0.852 bits per heavy atom. The summed E-state index contributed by atoms with van der Waals surface area (Å²) in [5, 5.41) is 10.7. The van der Waals surface area contributed by atoms with E-state index in [4.69, 9.17) is 9.47 Å². The van der Waals surface area contributed by atoms with Crippen molar-refractivity contribution in [2.45, 2.75) is 25.6 Å². The van der Waals surface area contributed by atoms with Gasteiger partial charge in [-0.1, -0.05) is 42.5 Å². The van der Waals surface area contributed by atoms with Gasteiger partial charge in [-0.05, 0) is 54.4 Å². The Labute approximate surface area is 159 Å². The van der Waals surface area contributed by atoms with Crippen LogP contribution in [0.3, 0.4) is 0 Å². The van der Waals surface area contributed by atoms with E-state index in [1.165, 1.54) is 12.1 Å². The fraction of sp³-hybridized carbons (Fsp3) is 0.217. The Morgan fingerprint density at radius 2 is 1.44 bits per heavy atom. The molecule has 3 aromatic carbocycles. The average Bonchev–Trinajstić information content (AvgIpc) is 2.68. The van der Waals surface area contributed by atoms with Gasteiger partial charge in [0.15, 0.2) is 0 Å². The minimum absolute atomic E-state index is 0.303. The van der Waals surface area contributed by atoms with Crippen LogP contribution in [0.1, 0.15) is 24.5 Å². The van der Waals surface area contributed by atoms with E-state index in [2.05, 4.69) is 0 Å². The number of rotatable bonds is 8. The van der Waals surface area contributed by atoms with Gasteiger partial charge in [-0.3, -0.25) is 0 Å². The normalized spacial score (nSPS) is 13.1. The van der Waals surface area contributed by atoms with Gasteiger partial charge in [-0.2, -0.15) is 0 Å². The van der Waals surface area contributed by atoms with Crippen molar-refractivity contribution >= 4 is 0 Å². The second-order valence-electron chi connectivity index (χ2n) is 6.64. The predicted octanol–water partition coefficient (Wildman–Crippen LogP) is 5.43. The first-order chi connectivity index (χ1) is 13.0. The van der Waals surface area contributed by atoms with Gasteiger partial charge in [0.25, 0.3) is 0 Å². The molecule has 0 saturated heterocycles. The highest BCUT2D eigenvalue weighted by atomic mass is 19.1. The summed E-state index contributed by atoms with van der Waals surface area (Å²) in [4.78, 5) is 0. The maximum Gasteiger partial charge on any atom is 0.127 e. The maximum atomic E-state index is 12.9. The van der Waals surface area contributed by atoms with E-state index in [1.807, 2.05) is 42.5 Å². The van der Waals surface area contributed by atoms with Crippen LogP contribution in [0.25, 0.3) is 0 Å². The SMILES string of the molecule is CC(O)(CCOCc1ccccc1)c1ccc(Oc2ccc(F)cc2)cc1. The van der Waals surface area contributed by atoms with Crippen LogP contribution in [0.15, 0.2) is 78.9 Å². The third kappa shape index (κ3) is 5.64. The van der Waals surface area contributed by atoms with E-state index >= 15 is 0 Å². The molecule has 3 nitrogen and oxygen atoms in total. The molecular formula is C23H23FO3. The van der Waals surface area contributed by atoms with Gasteiger partial charge in [0, 0.05) is 6.42 Å². The quantitative estimate of drug-likeness (QED) is 0.540. The molecular weight excluding hydrogens is 343 g/mol. The zero-order chi connectivity index (χ0) is 19.1. The van der Waals surface area contributed by atoms with Crippen LogP contribution >= 0.6 is 0 Å². The van der Waals surface area contributed by atoms with E-state index in [-0.39, 0.29) is 5.82 Å². The van der Waals surface area contributed by atoms with Crippen molar-refractivity contribution in [2.75, 3.05) is 6.61 Å². The Kier molecular flexibility index (Phi) is 6.22. The first-order valence-corrected chi connectivity index (χ1v) is 8.91. The topological polar surface area (TPSA) is 38.7 Å². The van der Waals surface area contributed by atoms with Crippen molar-refractivity contribution in [3.63, 3.8) is 0 Å². The number of hydrogen-bond acceptors (Lipinski definition) is 3. The molecule has 0 spiro atoms. The molecule has 0 radical (unpaired) electrons. The molecule has 3 aromatic rings. The smallest absolute Gasteiger partial charge is 0.127 e. The third-order valence-electron chi connectivity index (χ3n) is 4.37. The summed E-state index contributed by atoms with van der Waals surface area (Å²) < 4.78 is 24.3. The minimum atomic E-state index is -0.995. The largest absolute Gasteiger partial charge is 0.457 e. The highest BCUT2D eigenvalue weighted by molar-refractivity contribution is 5.34. The average molecular weight is 366 g/mol. The molecule has 1 N–H and O–H groups in total. The van der Waals surface area contributed by atoms with Crippen LogP contribution in [0.2, 0.25) is 0 Å². The zero-order valence-electron chi connectivity index (χ0n) is 15.3. The fourth-order valence-corrected chi connectivity index (χ4v) is 2.70. The fourth-order valence-electron chi connectivity index (χ4n) is 2.70. The van der Waals surface area contributed by atoms with Gasteiger partial charge in [-0.25, -0.2) is 4.39 Å². The Bertz CT molecular complexity index is 828. The van der Waals surface area contributed by atoms with Gasteiger partial charge in [0.2, 0.25) is 0 Å². The van der Waals surface area contributed by atoms with Crippen molar-refractivity contribution in [1.29, 1.82) is 0 Å². The molecule has 1 atom stereocenters. The molecule has 140 valence electrons. The van der Waals surface area contributed by atoms with E-state index in [1.54, 1.807) is 31.2 Å². The van der Waals surface area contributed by atoms with E-state index in [0.29, 0.717) is 31.1 Å². The van der Waals surface area contributed by atoms with Crippen LogP contribution < -0.4 is 4.74 Å². The standard InChI is InChI=1S/C23H23FO3/c1-23(25,15-16-26-17-18-5-3-2-4-6-18)19-7-11-21(12-8-19)27-22-13-9-20(24)10-14-22/h2-14,25H,15-17H2,1H3. The van der Waals surface area contributed by atoms with Crippen molar-refractivity contribution in [3.8, 4) is 11.5 Å². The van der Waals surface area contributed by atoms with Gasteiger partial charge in [0.05, 0.1) is 18.8 Å². The van der Waals surface area contributed by atoms with Gasteiger partial charge in [-0.15, -0.1) is 0 Å². The molecule has 4 heteroatoms. The Hall–Kier alpha value is -2.69. The molecule has 0 amide bonds. The van der Waals surface area contributed by atoms with Crippen LogP contribution in [0.4, 0.5) is 4.39 Å². The predicted molar refractivity (Wildman–Crippen MR) is 103 cm³/mol. The zero-order valence-corrected chi connectivity index (χ0v) is 15.3. The molecule has 3 rings (SSSR count). The Balaban J connectivity index is 1.52. The summed E-state index contributed by atoms with van der Waals surface area (Å²) in [6, 6.07) is 23.0.